The number of anilines is 2. The molecule has 3 rings (SSSR count). The molecule has 0 aliphatic carbocycles. The summed E-state index contributed by atoms with van der Waals surface area (Å²) >= 11 is 0. The number of nitrogens with one attached hydrogen (secondary N) is 2. The van der Waals surface area contributed by atoms with Gasteiger partial charge in [0.05, 0.1) is 12.0 Å². The molecule has 0 bridgehead atoms. The molecule has 3 aromatic rings. The Bertz CT molecular complexity index is 669. The van der Waals surface area contributed by atoms with Gasteiger partial charge < -0.3 is 15.4 Å². The number of rotatable bonds is 2. The second-order valence-electron chi connectivity index (χ2n) is 3.47. The number of para-hydroxylation sites is 2. The molecule has 0 saturated carbocycles. The van der Waals surface area contributed by atoms with Gasteiger partial charge in [-0.2, -0.15) is 0 Å². The number of hydrogen-bond acceptors (Lipinski definition) is 5. The largest absolute Gasteiger partial charge is 0.506 e. The molecule has 18 heavy (non-hydrogen) atoms. The molecule has 92 valence electrons. The topological polar surface area (TPSA) is 86.7 Å². The predicted octanol–water partition coefficient (Wildman–Crippen LogP) is 2.22. The summed E-state index contributed by atoms with van der Waals surface area (Å²) < 4.78 is 0. The monoisotopic (exact) mass is 263 g/mol. The third-order valence-electron chi connectivity index (χ3n) is 2.38. The van der Waals surface area contributed by atoms with Crippen LogP contribution in [0.1, 0.15) is 0 Å². The number of halogens is 1. The first-order chi connectivity index (χ1) is 8.34. The van der Waals surface area contributed by atoms with Gasteiger partial charge in [-0.15, -0.1) is 12.4 Å². The summed E-state index contributed by atoms with van der Waals surface area (Å²) in [6, 6.07) is 6.95. The van der Waals surface area contributed by atoms with E-state index in [0.29, 0.717) is 22.7 Å². The molecule has 2 heterocycles. The summed E-state index contributed by atoms with van der Waals surface area (Å²) in [5, 5.41) is 12.7. The Morgan fingerprint density at radius 3 is 2.78 bits per heavy atom. The number of phenols is 1. The van der Waals surface area contributed by atoms with Gasteiger partial charge in [-0.1, -0.05) is 12.1 Å². The molecular weight excluding hydrogens is 254 g/mol. The van der Waals surface area contributed by atoms with E-state index < -0.39 is 0 Å². The Kier molecular flexibility index (Phi) is 3.29. The Morgan fingerprint density at radius 1 is 1.11 bits per heavy atom. The van der Waals surface area contributed by atoms with Crippen molar-refractivity contribution in [2.75, 3.05) is 5.32 Å². The molecule has 6 nitrogen and oxygen atoms in total. The van der Waals surface area contributed by atoms with Crippen LogP contribution >= 0.6 is 12.4 Å². The maximum Gasteiger partial charge on any atom is 0.182 e. The molecule has 0 radical (unpaired) electrons. The van der Waals surface area contributed by atoms with Gasteiger partial charge >= 0.3 is 0 Å². The number of hydrogen-bond donors (Lipinski definition) is 3. The van der Waals surface area contributed by atoms with E-state index in [-0.39, 0.29) is 18.2 Å². The highest BCUT2D eigenvalue weighted by Crippen LogP contribution is 2.26. The van der Waals surface area contributed by atoms with Crippen LogP contribution < -0.4 is 5.32 Å². The summed E-state index contributed by atoms with van der Waals surface area (Å²) in [5.74, 6) is 0.743. The van der Waals surface area contributed by atoms with E-state index in [1.54, 1.807) is 24.5 Å². The molecule has 0 spiro atoms. The van der Waals surface area contributed by atoms with E-state index in [1.807, 2.05) is 6.07 Å². The molecule has 0 saturated heterocycles. The van der Waals surface area contributed by atoms with Crippen molar-refractivity contribution in [3.63, 3.8) is 0 Å². The van der Waals surface area contributed by atoms with Crippen LogP contribution in [-0.2, 0) is 0 Å². The maximum atomic E-state index is 9.66. The zero-order chi connectivity index (χ0) is 11.7. The Labute approximate surface area is 109 Å². The molecule has 0 unspecified atom stereocenters. The molecule has 3 N–H and O–H groups in total. The predicted molar refractivity (Wildman–Crippen MR) is 70.3 cm³/mol. The van der Waals surface area contributed by atoms with Crippen molar-refractivity contribution in [2.24, 2.45) is 0 Å². The second-order valence-corrected chi connectivity index (χ2v) is 3.47. The van der Waals surface area contributed by atoms with Crippen LogP contribution in [0.15, 0.2) is 36.9 Å². The number of benzene rings is 1. The highest BCUT2D eigenvalue weighted by atomic mass is 35.5. The van der Waals surface area contributed by atoms with Crippen molar-refractivity contribution in [3.8, 4) is 5.75 Å². The van der Waals surface area contributed by atoms with Crippen LogP contribution in [0.4, 0.5) is 11.5 Å². The zero-order valence-corrected chi connectivity index (χ0v) is 9.98. The summed E-state index contributed by atoms with van der Waals surface area (Å²) in [6.07, 6.45) is 2.97. The van der Waals surface area contributed by atoms with E-state index in [1.165, 1.54) is 6.33 Å². The second kappa shape index (κ2) is 4.89. The van der Waals surface area contributed by atoms with E-state index in [9.17, 15) is 5.11 Å². The van der Waals surface area contributed by atoms with Gasteiger partial charge in [-0.05, 0) is 12.1 Å². The third kappa shape index (κ3) is 2.05. The van der Waals surface area contributed by atoms with Crippen LogP contribution in [0.3, 0.4) is 0 Å². The fraction of sp³-hybridized carbons (Fsp3) is 0. The van der Waals surface area contributed by atoms with E-state index in [2.05, 4.69) is 25.3 Å². The summed E-state index contributed by atoms with van der Waals surface area (Å²) in [7, 11) is 0. The van der Waals surface area contributed by atoms with Gasteiger partial charge in [0.25, 0.3) is 0 Å². The number of phenolic OH excluding ortho intramolecular Hbond substituents is 1. The lowest BCUT2D eigenvalue weighted by atomic mass is 10.3. The molecule has 7 heteroatoms. The van der Waals surface area contributed by atoms with Crippen molar-refractivity contribution in [1.82, 2.24) is 19.9 Å². The first-order valence-electron chi connectivity index (χ1n) is 5.04. The van der Waals surface area contributed by atoms with Crippen molar-refractivity contribution >= 4 is 35.1 Å². The van der Waals surface area contributed by atoms with Crippen molar-refractivity contribution in [3.05, 3.63) is 36.9 Å². The quantitative estimate of drug-likeness (QED) is 0.617. The Morgan fingerprint density at radius 2 is 1.94 bits per heavy atom. The van der Waals surface area contributed by atoms with Crippen molar-refractivity contribution in [2.45, 2.75) is 0 Å². The number of aromatic hydroxyl groups is 1. The highest BCUT2D eigenvalue weighted by molar-refractivity contribution is 5.85. The molecular formula is C11H10ClN5O. The number of aromatic nitrogens is 4. The smallest absolute Gasteiger partial charge is 0.182 e. The molecule has 0 aliphatic rings. The first-order valence-corrected chi connectivity index (χ1v) is 5.04. The van der Waals surface area contributed by atoms with Crippen LogP contribution in [0.25, 0.3) is 11.2 Å². The van der Waals surface area contributed by atoms with Crippen molar-refractivity contribution < 1.29 is 5.11 Å². The highest BCUT2D eigenvalue weighted by Gasteiger charge is 2.07. The van der Waals surface area contributed by atoms with E-state index in [0.717, 1.165) is 0 Å². The molecule has 0 amide bonds. The number of nitrogens with zero attached hydrogens (tertiary/aromatic N) is 3. The molecule has 0 atom stereocenters. The maximum absolute atomic E-state index is 9.66. The summed E-state index contributed by atoms with van der Waals surface area (Å²) in [6.45, 7) is 0. The lowest BCUT2D eigenvalue weighted by Crippen LogP contribution is -1.95. The van der Waals surface area contributed by atoms with E-state index >= 15 is 0 Å². The van der Waals surface area contributed by atoms with E-state index in [4.69, 9.17) is 0 Å². The number of imidazole rings is 1. The number of aromatic amines is 1. The van der Waals surface area contributed by atoms with Gasteiger partial charge in [0.1, 0.15) is 17.6 Å². The van der Waals surface area contributed by atoms with Crippen LogP contribution in [0.5, 0.6) is 5.75 Å². The Balaban J connectivity index is 0.00000120. The molecule has 2 aromatic heterocycles. The minimum absolute atomic E-state index is 0. The normalized spacial score (nSPS) is 10.0. The minimum Gasteiger partial charge on any atom is -0.506 e. The SMILES string of the molecule is Cl.Oc1ccccc1Nc1ncnc2nc[nH]c12. The first kappa shape index (κ1) is 12.1. The van der Waals surface area contributed by atoms with Crippen LogP contribution in [0, 0.1) is 0 Å². The summed E-state index contributed by atoms with van der Waals surface area (Å²) in [4.78, 5) is 15.1. The lowest BCUT2D eigenvalue weighted by Gasteiger charge is -2.07. The third-order valence-corrected chi connectivity index (χ3v) is 2.38. The Hall–Kier alpha value is -2.34. The van der Waals surface area contributed by atoms with Crippen LogP contribution in [-0.4, -0.2) is 25.0 Å². The fourth-order valence-corrected chi connectivity index (χ4v) is 1.57. The molecule has 0 aliphatic heterocycles. The fourth-order valence-electron chi connectivity index (χ4n) is 1.57. The molecule has 1 aromatic carbocycles. The van der Waals surface area contributed by atoms with Crippen molar-refractivity contribution in [1.29, 1.82) is 0 Å². The lowest BCUT2D eigenvalue weighted by molar-refractivity contribution is 0.478. The average Bonchev–Trinajstić information content (AvgIpc) is 2.81. The van der Waals surface area contributed by atoms with Gasteiger partial charge in [0, 0.05) is 0 Å². The van der Waals surface area contributed by atoms with Gasteiger partial charge in [0.2, 0.25) is 0 Å². The minimum atomic E-state index is 0. The average molecular weight is 264 g/mol. The number of fused-ring (bicyclic) bond motifs is 1. The summed E-state index contributed by atoms with van der Waals surface area (Å²) in [5.41, 5.74) is 1.87. The van der Waals surface area contributed by atoms with Crippen LogP contribution in [0.2, 0.25) is 0 Å². The van der Waals surface area contributed by atoms with Gasteiger partial charge in [0.15, 0.2) is 11.5 Å². The van der Waals surface area contributed by atoms with Gasteiger partial charge in [-0.25, -0.2) is 15.0 Å². The van der Waals surface area contributed by atoms with Gasteiger partial charge in [-0.3, -0.25) is 0 Å². The molecule has 0 fully saturated rings. The standard InChI is InChI=1S/C11H9N5O.ClH/c17-8-4-2-1-3-7(8)16-11-9-10(13-5-12-9)14-6-15-11;/h1-6,17H,(H2,12,13,14,15,16);1H. The zero-order valence-electron chi connectivity index (χ0n) is 9.16. The number of H-pyrrole nitrogens is 1.